The monoisotopic (exact) mass is 448 g/mol. The Balaban J connectivity index is 1.71. The van der Waals surface area contributed by atoms with E-state index in [1.54, 1.807) is 0 Å². The van der Waals surface area contributed by atoms with E-state index in [1.807, 2.05) is 53.4 Å². The first kappa shape index (κ1) is 22.7. The van der Waals surface area contributed by atoms with Crippen molar-refractivity contribution in [2.75, 3.05) is 6.61 Å². The highest BCUT2D eigenvalue weighted by Crippen LogP contribution is 2.39. The first-order valence-corrected chi connectivity index (χ1v) is 12.6. The largest absolute Gasteiger partial charge is 0.493 e. The van der Waals surface area contributed by atoms with E-state index in [0.29, 0.717) is 6.61 Å². The second kappa shape index (κ2) is 10.9. The zero-order valence-electron chi connectivity index (χ0n) is 19.0. The molecule has 0 spiro atoms. The van der Waals surface area contributed by atoms with E-state index in [-0.39, 0.29) is 11.9 Å². The van der Waals surface area contributed by atoms with Gasteiger partial charge in [-0.3, -0.25) is 9.69 Å². The molecule has 1 aliphatic carbocycles. The lowest BCUT2D eigenvalue weighted by molar-refractivity contribution is -0.124. The predicted molar refractivity (Wildman–Crippen MR) is 134 cm³/mol. The number of hydrogen-bond donors (Lipinski definition) is 0. The summed E-state index contributed by atoms with van der Waals surface area (Å²) in [5.41, 5.74) is 3.10. The van der Waals surface area contributed by atoms with Crippen molar-refractivity contribution in [1.29, 1.82) is 0 Å². The Labute approximate surface area is 195 Å². The average Bonchev–Trinajstić information content (AvgIpc) is 3.13. The number of carbonyl (C=O) groups excluding carboxylic acids is 1. The second-order valence-corrected chi connectivity index (χ2v) is 9.35. The van der Waals surface area contributed by atoms with E-state index in [9.17, 15) is 4.79 Å². The molecular formula is C27H32N2O2S. The molecule has 2 aliphatic rings. The highest BCUT2D eigenvalue weighted by molar-refractivity contribution is 8.18. The Morgan fingerprint density at radius 1 is 1.06 bits per heavy atom. The standard InChI is InChI=1S/C27H32N2O2S/c1-3-18-31-24-17-11-9-13-21(24)19-25-26(30)29(22-14-6-5-7-15-22)27(32-25)28-23-16-10-8-12-20(23)4-2/h8-13,16-17,19,22H,3-7,14-15,18H2,1-2H3/b25-19+,28-27?. The van der Waals surface area contributed by atoms with Gasteiger partial charge in [-0.15, -0.1) is 0 Å². The first-order chi connectivity index (χ1) is 15.7. The van der Waals surface area contributed by atoms with Crippen LogP contribution in [0.1, 0.15) is 63.5 Å². The minimum absolute atomic E-state index is 0.0694. The molecule has 2 aromatic carbocycles. The number of ether oxygens (including phenoxy) is 1. The zero-order valence-corrected chi connectivity index (χ0v) is 19.9. The van der Waals surface area contributed by atoms with Crippen molar-refractivity contribution in [3.05, 3.63) is 64.6 Å². The van der Waals surface area contributed by atoms with Gasteiger partial charge in [-0.1, -0.05) is 69.5 Å². The molecule has 0 atom stereocenters. The zero-order chi connectivity index (χ0) is 22.3. The number of aliphatic imine (C=N–C) groups is 1. The van der Waals surface area contributed by atoms with Crippen LogP contribution >= 0.6 is 11.8 Å². The third-order valence-corrected chi connectivity index (χ3v) is 7.02. The van der Waals surface area contributed by atoms with Gasteiger partial charge in [0.05, 0.1) is 17.2 Å². The van der Waals surface area contributed by atoms with Crippen molar-refractivity contribution >= 4 is 34.6 Å². The Bertz CT molecular complexity index is 1010. The molecule has 0 aromatic heterocycles. The van der Waals surface area contributed by atoms with Gasteiger partial charge in [-0.25, -0.2) is 4.99 Å². The van der Waals surface area contributed by atoms with Crippen molar-refractivity contribution in [2.45, 2.75) is 64.8 Å². The fraction of sp³-hybridized carbons (Fsp3) is 0.407. The second-order valence-electron chi connectivity index (χ2n) is 8.34. The fourth-order valence-corrected chi connectivity index (χ4v) is 5.37. The summed E-state index contributed by atoms with van der Waals surface area (Å²) in [6.45, 7) is 4.90. The van der Waals surface area contributed by atoms with Crippen molar-refractivity contribution in [1.82, 2.24) is 4.90 Å². The summed E-state index contributed by atoms with van der Waals surface area (Å²) in [5.74, 6) is 0.890. The molecule has 168 valence electrons. The molecule has 4 nitrogen and oxygen atoms in total. The summed E-state index contributed by atoms with van der Waals surface area (Å²) in [7, 11) is 0. The van der Waals surface area contributed by atoms with E-state index >= 15 is 0 Å². The molecule has 1 heterocycles. The van der Waals surface area contributed by atoms with E-state index in [2.05, 4.69) is 19.9 Å². The maximum atomic E-state index is 13.6. The van der Waals surface area contributed by atoms with Gasteiger partial charge >= 0.3 is 0 Å². The van der Waals surface area contributed by atoms with Gasteiger partial charge in [0.15, 0.2) is 5.17 Å². The topological polar surface area (TPSA) is 41.9 Å². The van der Waals surface area contributed by atoms with Crippen LogP contribution in [0, 0.1) is 0 Å². The molecule has 1 aliphatic heterocycles. The molecule has 0 radical (unpaired) electrons. The van der Waals surface area contributed by atoms with Crippen LogP contribution in [0.25, 0.3) is 6.08 Å². The molecule has 5 heteroatoms. The van der Waals surface area contributed by atoms with E-state index < -0.39 is 0 Å². The minimum Gasteiger partial charge on any atom is -0.493 e. The lowest BCUT2D eigenvalue weighted by Crippen LogP contribution is -2.40. The number of amidine groups is 1. The lowest BCUT2D eigenvalue weighted by Gasteiger charge is -2.30. The van der Waals surface area contributed by atoms with E-state index in [1.165, 1.54) is 36.6 Å². The Morgan fingerprint density at radius 3 is 2.59 bits per heavy atom. The summed E-state index contributed by atoms with van der Waals surface area (Å²) in [6, 6.07) is 16.4. The molecular weight excluding hydrogens is 416 g/mol. The van der Waals surface area contributed by atoms with E-state index in [4.69, 9.17) is 9.73 Å². The molecule has 1 saturated heterocycles. The number of hydrogen-bond acceptors (Lipinski definition) is 4. The summed E-state index contributed by atoms with van der Waals surface area (Å²) in [6.07, 6.45) is 9.52. The molecule has 1 saturated carbocycles. The van der Waals surface area contributed by atoms with Gasteiger partial charge in [0.1, 0.15) is 5.75 Å². The number of nitrogens with zero attached hydrogens (tertiary/aromatic N) is 2. The number of amides is 1. The molecule has 0 N–H and O–H groups in total. The Morgan fingerprint density at radius 2 is 1.81 bits per heavy atom. The smallest absolute Gasteiger partial charge is 0.267 e. The molecule has 32 heavy (non-hydrogen) atoms. The summed E-state index contributed by atoms with van der Waals surface area (Å²) < 4.78 is 5.92. The maximum absolute atomic E-state index is 13.6. The molecule has 2 fully saturated rings. The third-order valence-electron chi connectivity index (χ3n) is 6.03. The van der Waals surface area contributed by atoms with Gasteiger partial charge in [0, 0.05) is 11.6 Å². The van der Waals surface area contributed by atoms with Crippen molar-refractivity contribution in [2.24, 2.45) is 4.99 Å². The average molecular weight is 449 g/mol. The van der Waals surface area contributed by atoms with Gasteiger partial charge in [-0.05, 0) is 61.2 Å². The lowest BCUT2D eigenvalue weighted by atomic mass is 9.94. The van der Waals surface area contributed by atoms with Crippen molar-refractivity contribution in [3.63, 3.8) is 0 Å². The van der Waals surface area contributed by atoms with E-state index in [0.717, 1.165) is 52.8 Å². The van der Waals surface area contributed by atoms with Crippen molar-refractivity contribution in [3.8, 4) is 5.75 Å². The van der Waals surface area contributed by atoms with Crippen LogP contribution in [-0.2, 0) is 11.2 Å². The van der Waals surface area contributed by atoms with Gasteiger partial charge < -0.3 is 4.74 Å². The molecule has 4 rings (SSSR count). The Hall–Kier alpha value is -2.53. The van der Waals surface area contributed by atoms with Gasteiger partial charge in [0.25, 0.3) is 5.91 Å². The number of benzene rings is 2. The fourth-order valence-electron chi connectivity index (χ4n) is 4.33. The van der Waals surface area contributed by atoms with Crippen LogP contribution in [0.2, 0.25) is 0 Å². The molecule has 0 bridgehead atoms. The van der Waals surface area contributed by atoms with Crippen LogP contribution in [0.15, 0.2) is 58.4 Å². The number of rotatable bonds is 7. The van der Waals surface area contributed by atoms with Crippen LogP contribution in [-0.4, -0.2) is 28.6 Å². The van der Waals surface area contributed by atoms with Crippen LogP contribution in [0.5, 0.6) is 5.75 Å². The number of carbonyl (C=O) groups is 1. The quantitative estimate of drug-likeness (QED) is 0.429. The highest BCUT2D eigenvalue weighted by Gasteiger charge is 2.38. The van der Waals surface area contributed by atoms with Crippen LogP contribution in [0.3, 0.4) is 0 Å². The number of thioether (sulfide) groups is 1. The summed E-state index contributed by atoms with van der Waals surface area (Å²) >= 11 is 1.49. The summed E-state index contributed by atoms with van der Waals surface area (Å²) in [5, 5.41) is 0.806. The molecule has 2 aromatic rings. The number of aryl methyl sites for hydroxylation is 1. The van der Waals surface area contributed by atoms with Crippen LogP contribution < -0.4 is 4.74 Å². The summed E-state index contributed by atoms with van der Waals surface area (Å²) in [4.78, 5) is 21.3. The van der Waals surface area contributed by atoms with Crippen LogP contribution in [0.4, 0.5) is 5.69 Å². The predicted octanol–water partition coefficient (Wildman–Crippen LogP) is 6.97. The van der Waals surface area contributed by atoms with Gasteiger partial charge in [0.2, 0.25) is 0 Å². The Kier molecular flexibility index (Phi) is 7.69. The minimum atomic E-state index is 0.0694. The first-order valence-electron chi connectivity index (χ1n) is 11.8. The third kappa shape index (κ3) is 5.09. The molecule has 0 unspecified atom stereocenters. The van der Waals surface area contributed by atoms with Crippen molar-refractivity contribution < 1.29 is 9.53 Å². The SMILES string of the molecule is CCCOc1ccccc1/C=C1/SC(=Nc2ccccc2CC)N(C2CCCCC2)C1=O. The highest BCUT2D eigenvalue weighted by atomic mass is 32.2. The van der Waals surface area contributed by atoms with Gasteiger partial charge in [-0.2, -0.15) is 0 Å². The molecule has 1 amide bonds. The number of para-hydroxylation sites is 2. The maximum Gasteiger partial charge on any atom is 0.267 e. The normalized spacial score (nSPS) is 19.8.